The van der Waals surface area contributed by atoms with E-state index in [-0.39, 0.29) is 5.91 Å². The minimum absolute atomic E-state index is 0.256. The first-order chi connectivity index (χ1) is 19.6. The van der Waals surface area contributed by atoms with Crippen LogP contribution in [-0.4, -0.2) is 15.5 Å². The van der Waals surface area contributed by atoms with Crippen LogP contribution in [0, 0.1) is 0 Å². The molecule has 0 spiro atoms. The number of nitrogen functional groups attached to an aromatic ring is 1. The molecule has 0 unspecified atom stereocenters. The van der Waals surface area contributed by atoms with Gasteiger partial charge in [-0.2, -0.15) is 0 Å². The van der Waals surface area contributed by atoms with Crippen LogP contribution in [0.5, 0.6) is 11.5 Å². The smallest absolute Gasteiger partial charge is 0.248 e. The van der Waals surface area contributed by atoms with Gasteiger partial charge >= 0.3 is 0 Å². The molecule has 3 N–H and O–H groups in total. The molecule has 0 aliphatic rings. The molecule has 0 aliphatic carbocycles. The zero-order valence-corrected chi connectivity index (χ0v) is 21.6. The number of rotatable bonds is 7. The van der Waals surface area contributed by atoms with Crippen molar-refractivity contribution in [3.8, 4) is 28.6 Å². The van der Waals surface area contributed by atoms with Crippen LogP contribution in [0.3, 0.4) is 0 Å². The number of nitrogens with one attached hydrogen (secondary N) is 1. The molecular weight excluding hydrogens is 496 g/mol. The van der Waals surface area contributed by atoms with E-state index in [2.05, 4.69) is 16.0 Å². The lowest BCUT2D eigenvalue weighted by atomic mass is 10.1. The molecule has 1 heterocycles. The number of para-hydroxylation sites is 5. The molecule has 0 atom stereocenters. The predicted octanol–water partition coefficient (Wildman–Crippen LogP) is 7.72. The Balaban J connectivity index is 1.30. The van der Waals surface area contributed by atoms with Crippen molar-refractivity contribution in [1.82, 2.24) is 9.55 Å². The first-order valence-electron chi connectivity index (χ1n) is 12.9. The monoisotopic (exact) mass is 522 g/mol. The summed E-state index contributed by atoms with van der Waals surface area (Å²) in [7, 11) is 0. The van der Waals surface area contributed by atoms with Crippen LogP contribution in [0.1, 0.15) is 5.56 Å². The van der Waals surface area contributed by atoms with Crippen molar-refractivity contribution in [3.63, 3.8) is 0 Å². The van der Waals surface area contributed by atoms with E-state index in [0.717, 1.165) is 45.2 Å². The van der Waals surface area contributed by atoms with Crippen LogP contribution in [0.4, 0.5) is 11.4 Å². The number of fused-ring (bicyclic) bond motifs is 1. The Bertz CT molecular complexity index is 1820. The summed E-state index contributed by atoms with van der Waals surface area (Å²) >= 11 is 0. The first kappa shape index (κ1) is 24.7. The topological polar surface area (TPSA) is 82.2 Å². The fraction of sp³-hybridized carbons (Fsp3) is 0. The Morgan fingerprint density at radius 2 is 1.50 bits per heavy atom. The van der Waals surface area contributed by atoms with Crippen LogP contribution >= 0.6 is 0 Å². The zero-order chi connectivity index (χ0) is 27.3. The van der Waals surface area contributed by atoms with Crippen LogP contribution in [0.2, 0.25) is 0 Å². The number of carbonyl (C=O) groups is 1. The molecule has 6 aromatic rings. The van der Waals surface area contributed by atoms with Gasteiger partial charge in [-0.15, -0.1) is 0 Å². The maximum atomic E-state index is 12.5. The fourth-order valence-electron chi connectivity index (χ4n) is 4.51. The highest BCUT2D eigenvalue weighted by Gasteiger charge is 2.14. The van der Waals surface area contributed by atoms with Crippen molar-refractivity contribution in [2.75, 3.05) is 11.1 Å². The molecule has 0 aliphatic heterocycles. The molecule has 6 heteroatoms. The highest BCUT2D eigenvalue weighted by molar-refractivity contribution is 6.03. The number of imidazole rings is 1. The van der Waals surface area contributed by atoms with E-state index in [0.29, 0.717) is 11.4 Å². The number of anilines is 2. The van der Waals surface area contributed by atoms with Gasteiger partial charge in [0.25, 0.3) is 0 Å². The summed E-state index contributed by atoms with van der Waals surface area (Å²) in [5.74, 6) is 2.08. The van der Waals surface area contributed by atoms with Crippen molar-refractivity contribution in [3.05, 3.63) is 139 Å². The number of nitrogens with zero attached hydrogens (tertiary/aromatic N) is 2. The van der Waals surface area contributed by atoms with E-state index in [1.807, 2.05) is 109 Å². The Kier molecular flexibility index (Phi) is 6.80. The number of benzene rings is 5. The Labute approximate surface area is 232 Å². The number of amides is 1. The first-order valence-corrected chi connectivity index (χ1v) is 12.9. The number of nitrogens with two attached hydrogens (primary N) is 1. The third-order valence-corrected chi connectivity index (χ3v) is 6.43. The molecule has 0 saturated carbocycles. The van der Waals surface area contributed by atoms with Crippen LogP contribution < -0.4 is 15.8 Å². The molecule has 0 radical (unpaired) electrons. The molecular formula is C34H26N4O2. The number of ether oxygens (including phenoxy) is 1. The fourth-order valence-corrected chi connectivity index (χ4v) is 4.51. The van der Waals surface area contributed by atoms with Crippen molar-refractivity contribution >= 4 is 34.4 Å². The number of carbonyl (C=O) groups excluding carboxylic acids is 1. The van der Waals surface area contributed by atoms with Crippen molar-refractivity contribution in [2.45, 2.75) is 0 Å². The summed E-state index contributed by atoms with van der Waals surface area (Å²) in [5, 5.41) is 2.82. The van der Waals surface area contributed by atoms with Gasteiger partial charge in [0, 0.05) is 17.3 Å². The summed E-state index contributed by atoms with van der Waals surface area (Å²) in [6, 6.07) is 40.9. The second kappa shape index (κ2) is 11.0. The van der Waals surface area contributed by atoms with E-state index in [1.165, 1.54) is 6.08 Å². The number of hydrogen-bond donors (Lipinski definition) is 2. The van der Waals surface area contributed by atoms with Gasteiger partial charge in [-0.1, -0.05) is 60.7 Å². The summed E-state index contributed by atoms with van der Waals surface area (Å²) in [4.78, 5) is 17.5. The van der Waals surface area contributed by atoms with Gasteiger partial charge in [-0.3, -0.25) is 9.36 Å². The Morgan fingerprint density at radius 3 is 2.33 bits per heavy atom. The SMILES string of the molecule is Nc1ccccc1NC(=O)/C=C/c1cccc(-c2nc3ccccc3n2-c2ccc(Oc3ccccc3)cc2)c1. The van der Waals surface area contributed by atoms with Crippen molar-refractivity contribution in [1.29, 1.82) is 0 Å². The van der Waals surface area contributed by atoms with E-state index >= 15 is 0 Å². The van der Waals surface area contributed by atoms with Crippen LogP contribution in [0.25, 0.3) is 34.2 Å². The quantitative estimate of drug-likeness (QED) is 0.166. The zero-order valence-electron chi connectivity index (χ0n) is 21.6. The lowest BCUT2D eigenvalue weighted by Gasteiger charge is -2.12. The van der Waals surface area contributed by atoms with Crippen LogP contribution in [-0.2, 0) is 4.79 Å². The Hall–Kier alpha value is -5.62. The van der Waals surface area contributed by atoms with Crippen molar-refractivity contribution < 1.29 is 9.53 Å². The highest BCUT2D eigenvalue weighted by atomic mass is 16.5. The Morgan fingerprint density at radius 1 is 0.775 bits per heavy atom. The second-order valence-electron chi connectivity index (χ2n) is 9.20. The average Bonchev–Trinajstić information content (AvgIpc) is 3.38. The molecule has 1 amide bonds. The largest absolute Gasteiger partial charge is 0.457 e. The molecule has 6 rings (SSSR count). The van der Waals surface area contributed by atoms with Crippen LogP contribution in [0.15, 0.2) is 133 Å². The molecule has 194 valence electrons. The minimum Gasteiger partial charge on any atom is -0.457 e. The average molecular weight is 523 g/mol. The third-order valence-electron chi connectivity index (χ3n) is 6.43. The van der Waals surface area contributed by atoms with Gasteiger partial charge in [0.2, 0.25) is 5.91 Å². The maximum absolute atomic E-state index is 12.5. The molecule has 6 nitrogen and oxygen atoms in total. The second-order valence-corrected chi connectivity index (χ2v) is 9.20. The van der Waals surface area contributed by atoms with Gasteiger partial charge in [0.1, 0.15) is 17.3 Å². The standard InChI is InChI=1S/C34H26N4O2/c35-29-13-4-5-14-30(29)36-33(39)22-17-24-9-8-10-25(23-24)34-37-31-15-6-7-16-32(31)38(34)26-18-20-28(21-19-26)40-27-11-2-1-3-12-27/h1-23H,35H2,(H,36,39)/b22-17+. The van der Waals surface area contributed by atoms with Gasteiger partial charge in [-0.25, -0.2) is 4.98 Å². The molecule has 0 fully saturated rings. The predicted molar refractivity (Wildman–Crippen MR) is 162 cm³/mol. The number of hydrogen-bond acceptors (Lipinski definition) is 4. The third kappa shape index (κ3) is 5.33. The molecule has 0 saturated heterocycles. The van der Waals surface area contributed by atoms with Gasteiger partial charge in [0.05, 0.1) is 22.4 Å². The van der Waals surface area contributed by atoms with E-state index in [1.54, 1.807) is 18.2 Å². The summed E-state index contributed by atoms with van der Waals surface area (Å²) < 4.78 is 8.12. The van der Waals surface area contributed by atoms with Crippen molar-refractivity contribution in [2.24, 2.45) is 0 Å². The summed E-state index contributed by atoms with van der Waals surface area (Å²) in [5.41, 5.74) is 11.7. The lowest BCUT2D eigenvalue weighted by molar-refractivity contribution is -0.111. The normalized spacial score (nSPS) is 11.1. The minimum atomic E-state index is -0.256. The molecule has 1 aromatic heterocycles. The summed E-state index contributed by atoms with van der Waals surface area (Å²) in [6.45, 7) is 0. The molecule has 40 heavy (non-hydrogen) atoms. The molecule has 5 aromatic carbocycles. The van der Waals surface area contributed by atoms with E-state index in [9.17, 15) is 4.79 Å². The van der Waals surface area contributed by atoms with Gasteiger partial charge in [-0.05, 0) is 78.4 Å². The number of aromatic nitrogens is 2. The molecule has 0 bridgehead atoms. The van der Waals surface area contributed by atoms with Gasteiger partial charge in [0.15, 0.2) is 0 Å². The lowest BCUT2D eigenvalue weighted by Crippen LogP contribution is -2.09. The van der Waals surface area contributed by atoms with E-state index < -0.39 is 0 Å². The van der Waals surface area contributed by atoms with E-state index in [4.69, 9.17) is 15.5 Å². The van der Waals surface area contributed by atoms with Gasteiger partial charge < -0.3 is 15.8 Å². The maximum Gasteiger partial charge on any atom is 0.248 e. The highest BCUT2D eigenvalue weighted by Crippen LogP contribution is 2.31. The summed E-state index contributed by atoms with van der Waals surface area (Å²) in [6.07, 6.45) is 3.28.